The Morgan fingerprint density at radius 1 is 1.26 bits per heavy atom. The summed E-state index contributed by atoms with van der Waals surface area (Å²) in [5.41, 5.74) is 2.20. The average molecular weight is 370 g/mol. The lowest BCUT2D eigenvalue weighted by atomic mass is 10.1. The molecule has 0 bridgehead atoms. The smallest absolute Gasteiger partial charge is 0.191 e. The van der Waals surface area contributed by atoms with Crippen molar-refractivity contribution in [1.29, 1.82) is 0 Å². The monoisotopic (exact) mass is 370 g/mol. The van der Waals surface area contributed by atoms with E-state index < -0.39 is 0 Å². The van der Waals surface area contributed by atoms with Crippen molar-refractivity contribution in [1.82, 2.24) is 25.2 Å². The van der Waals surface area contributed by atoms with Crippen LogP contribution in [0.4, 0.5) is 4.39 Å². The van der Waals surface area contributed by atoms with Crippen LogP contribution in [0.25, 0.3) is 5.65 Å². The highest BCUT2D eigenvalue weighted by Crippen LogP contribution is 2.29. The molecule has 1 aromatic carbocycles. The Balaban J connectivity index is 1.42. The number of fused-ring (bicyclic) bond motifs is 2. The molecule has 0 saturated carbocycles. The lowest BCUT2D eigenvalue weighted by molar-refractivity contribution is -0.0172. The topological polar surface area (TPSA) is 85.1 Å². The third-order valence-corrected chi connectivity index (χ3v) is 4.22. The molecule has 0 unspecified atom stereocenters. The first kappa shape index (κ1) is 17.2. The highest BCUT2D eigenvalue weighted by atomic mass is 19.1. The van der Waals surface area contributed by atoms with Gasteiger partial charge in [0.1, 0.15) is 11.6 Å². The summed E-state index contributed by atoms with van der Waals surface area (Å²) in [6, 6.07) is 8.61. The van der Waals surface area contributed by atoms with Crippen LogP contribution in [-0.2, 0) is 24.4 Å². The zero-order valence-electron chi connectivity index (χ0n) is 14.8. The van der Waals surface area contributed by atoms with Crippen molar-refractivity contribution >= 4 is 11.6 Å². The van der Waals surface area contributed by atoms with E-state index in [1.54, 1.807) is 7.05 Å². The molecule has 3 heterocycles. The molecule has 4 rings (SSSR count). The zero-order chi connectivity index (χ0) is 18.6. The number of ether oxygens (including phenoxy) is 2. The van der Waals surface area contributed by atoms with E-state index in [0.717, 1.165) is 11.5 Å². The molecule has 140 valence electrons. The van der Waals surface area contributed by atoms with Crippen molar-refractivity contribution < 1.29 is 13.9 Å². The fraction of sp³-hybridized carbons (Fsp3) is 0.278. The van der Waals surface area contributed by atoms with Crippen LogP contribution in [0.5, 0.6) is 5.75 Å². The second-order valence-electron chi connectivity index (χ2n) is 5.99. The number of hydrogen-bond acceptors (Lipinski definition) is 5. The van der Waals surface area contributed by atoms with Crippen LogP contribution in [0.1, 0.15) is 17.0 Å². The zero-order valence-corrected chi connectivity index (χ0v) is 14.8. The molecule has 0 amide bonds. The second-order valence-corrected chi connectivity index (χ2v) is 5.99. The number of hydrogen-bond donors (Lipinski definition) is 2. The Morgan fingerprint density at radius 2 is 2.15 bits per heavy atom. The molecule has 3 aromatic rings. The van der Waals surface area contributed by atoms with Gasteiger partial charge < -0.3 is 20.1 Å². The van der Waals surface area contributed by atoms with Gasteiger partial charge in [-0.25, -0.2) is 4.39 Å². The van der Waals surface area contributed by atoms with Gasteiger partial charge in [-0.2, -0.15) is 0 Å². The van der Waals surface area contributed by atoms with Gasteiger partial charge in [0.2, 0.25) is 0 Å². The first-order valence-corrected chi connectivity index (χ1v) is 8.49. The van der Waals surface area contributed by atoms with E-state index in [2.05, 4.69) is 25.8 Å². The normalized spacial score (nSPS) is 13.9. The molecule has 0 saturated heterocycles. The minimum absolute atomic E-state index is 0.165. The largest absolute Gasteiger partial charge is 0.467 e. The van der Waals surface area contributed by atoms with Crippen LogP contribution >= 0.6 is 0 Å². The van der Waals surface area contributed by atoms with E-state index in [1.165, 1.54) is 12.1 Å². The molecule has 9 heteroatoms. The van der Waals surface area contributed by atoms with Gasteiger partial charge in [-0.3, -0.25) is 9.39 Å². The summed E-state index contributed by atoms with van der Waals surface area (Å²) >= 11 is 0. The quantitative estimate of drug-likeness (QED) is 0.536. The highest BCUT2D eigenvalue weighted by Gasteiger charge is 2.17. The van der Waals surface area contributed by atoms with Crippen LogP contribution < -0.4 is 15.4 Å². The molecule has 1 aliphatic heterocycles. The maximum Gasteiger partial charge on any atom is 0.191 e. The van der Waals surface area contributed by atoms with Crippen molar-refractivity contribution in [3.63, 3.8) is 0 Å². The van der Waals surface area contributed by atoms with Crippen LogP contribution in [0, 0.1) is 5.82 Å². The number of aliphatic imine (C=N–C) groups is 1. The predicted octanol–water partition coefficient (Wildman–Crippen LogP) is 1.60. The summed E-state index contributed by atoms with van der Waals surface area (Å²) in [6.07, 6.45) is 1.90. The van der Waals surface area contributed by atoms with E-state index in [0.29, 0.717) is 42.5 Å². The van der Waals surface area contributed by atoms with E-state index in [-0.39, 0.29) is 12.6 Å². The number of nitrogens with zero attached hydrogens (tertiary/aromatic N) is 4. The molecule has 2 N–H and O–H groups in total. The summed E-state index contributed by atoms with van der Waals surface area (Å²) in [5, 5.41) is 14.6. The Hall–Kier alpha value is -3.20. The van der Waals surface area contributed by atoms with E-state index in [4.69, 9.17) is 9.47 Å². The Morgan fingerprint density at radius 3 is 3.04 bits per heavy atom. The van der Waals surface area contributed by atoms with Gasteiger partial charge in [-0.05, 0) is 24.3 Å². The van der Waals surface area contributed by atoms with Crippen molar-refractivity contribution in [3.05, 3.63) is 59.3 Å². The van der Waals surface area contributed by atoms with Gasteiger partial charge in [0, 0.05) is 30.9 Å². The minimum Gasteiger partial charge on any atom is -0.467 e. The summed E-state index contributed by atoms with van der Waals surface area (Å²) in [5.74, 6) is 1.66. The summed E-state index contributed by atoms with van der Waals surface area (Å²) in [6.45, 7) is 1.31. The molecule has 0 fully saturated rings. The number of pyridine rings is 1. The number of rotatable bonds is 4. The van der Waals surface area contributed by atoms with Gasteiger partial charge in [0.25, 0.3) is 0 Å². The van der Waals surface area contributed by atoms with E-state index in [9.17, 15) is 4.39 Å². The number of nitrogens with one attached hydrogen (secondary N) is 2. The number of aromatic nitrogens is 3. The lowest BCUT2D eigenvalue weighted by Gasteiger charge is -2.21. The van der Waals surface area contributed by atoms with E-state index >= 15 is 0 Å². The maximum atomic E-state index is 13.8. The molecule has 2 aromatic heterocycles. The van der Waals surface area contributed by atoms with E-state index in [1.807, 2.05) is 28.8 Å². The van der Waals surface area contributed by atoms with Crippen molar-refractivity contribution in [2.75, 3.05) is 13.8 Å². The molecular weight excluding hydrogens is 351 g/mol. The third kappa shape index (κ3) is 3.68. The van der Waals surface area contributed by atoms with Crippen molar-refractivity contribution in [2.24, 2.45) is 4.99 Å². The number of benzene rings is 1. The summed E-state index contributed by atoms with van der Waals surface area (Å²) in [4.78, 5) is 4.19. The van der Waals surface area contributed by atoms with Crippen LogP contribution in [-0.4, -0.2) is 34.4 Å². The summed E-state index contributed by atoms with van der Waals surface area (Å²) < 4.78 is 26.5. The predicted molar refractivity (Wildman–Crippen MR) is 96.7 cm³/mol. The minimum atomic E-state index is -0.322. The van der Waals surface area contributed by atoms with Gasteiger partial charge in [0.15, 0.2) is 24.2 Å². The first-order valence-electron chi connectivity index (χ1n) is 8.49. The second kappa shape index (κ2) is 7.58. The van der Waals surface area contributed by atoms with Crippen molar-refractivity contribution in [2.45, 2.75) is 19.7 Å². The molecule has 0 radical (unpaired) electrons. The van der Waals surface area contributed by atoms with Crippen LogP contribution in [0.2, 0.25) is 0 Å². The molecule has 0 spiro atoms. The van der Waals surface area contributed by atoms with Gasteiger partial charge >= 0.3 is 0 Å². The Labute approximate surface area is 155 Å². The molecule has 27 heavy (non-hydrogen) atoms. The molecule has 0 atom stereocenters. The average Bonchev–Trinajstić information content (AvgIpc) is 3.11. The Kier molecular flexibility index (Phi) is 4.84. The fourth-order valence-corrected chi connectivity index (χ4v) is 2.96. The van der Waals surface area contributed by atoms with Crippen LogP contribution in [0.3, 0.4) is 0 Å². The third-order valence-electron chi connectivity index (χ3n) is 4.22. The number of guanidine groups is 1. The van der Waals surface area contributed by atoms with Gasteiger partial charge in [0.05, 0.1) is 13.2 Å². The van der Waals surface area contributed by atoms with Gasteiger partial charge in [-0.15, -0.1) is 10.2 Å². The fourth-order valence-electron chi connectivity index (χ4n) is 2.96. The molecule has 0 aliphatic carbocycles. The Bertz CT molecular complexity index is 987. The molecule has 1 aliphatic rings. The standard InChI is InChI=1S/C18H19FN6O2/c1-20-18(22-9-16-24-23-15-4-2-3-5-25(15)16)21-8-12-6-14(19)7-13-10-26-11-27-17(12)13/h2-7H,8-11H2,1H3,(H2,20,21,22). The number of halogens is 1. The first-order chi connectivity index (χ1) is 13.2. The SMILES string of the molecule is CN=C(NCc1cc(F)cc2c1OCOC2)NCc1nnc2ccccn12. The van der Waals surface area contributed by atoms with Gasteiger partial charge in [-0.1, -0.05) is 6.07 Å². The van der Waals surface area contributed by atoms with Crippen LogP contribution in [0.15, 0.2) is 41.5 Å². The molecule has 8 nitrogen and oxygen atoms in total. The lowest BCUT2D eigenvalue weighted by Crippen LogP contribution is -2.37. The van der Waals surface area contributed by atoms with Crippen molar-refractivity contribution in [3.8, 4) is 5.75 Å². The maximum absolute atomic E-state index is 13.8. The highest BCUT2D eigenvalue weighted by molar-refractivity contribution is 5.79. The summed E-state index contributed by atoms with van der Waals surface area (Å²) in [7, 11) is 1.67. The molecular formula is C18H19FN6O2.